The minimum Gasteiger partial charge on any atom is -0.359 e. The molecule has 0 aromatic heterocycles. The van der Waals surface area contributed by atoms with Crippen LogP contribution in [0.15, 0.2) is 30.3 Å². The van der Waals surface area contributed by atoms with E-state index in [1.165, 1.54) is 0 Å². The lowest BCUT2D eigenvalue weighted by molar-refractivity contribution is -0.121. The van der Waals surface area contributed by atoms with Crippen LogP contribution in [0.1, 0.15) is 11.5 Å². The number of hydrogen-bond acceptors (Lipinski definition) is 2. The van der Waals surface area contributed by atoms with E-state index in [-0.39, 0.29) is 11.8 Å². The molecule has 0 saturated heterocycles. The van der Waals surface area contributed by atoms with Crippen molar-refractivity contribution in [2.75, 3.05) is 13.6 Å². The normalized spacial score (nSPS) is 12.2. The van der Waals surface area contributed by atoms with Crippen molar-refractivity contribution in [2.45, 2.75) is 5.92 Å². The van der Waals surface area contributed by atoms with Gasteiger partial charge in [-0.3, -0.25) is 4.79 Å². The lowest BCUT2D eigenvalue weighted by Gasteiger charge is -2.12. The zero-order chi connectivity index (χ0) is 9.68. The number of amides is 1. The number of carbonyl (C=O) groups is 1. The van der Waals surface area contributed by atoms with Crippen LogP contribution in [0.4, 0.5) is 0 Å². The summed E-state index contributed by atoms with van der Waals surface area (Å²) < 4.78 is 0. The molecule has 1 rings (SSSR count). The standard InChI is InChI=1S/C10H14N2O/c1-12-10(13)9(7-11)8-5-3-2-4-6-8/h2-6,9H,7,11H2,1H3,(H,12,13)/t9-/m0/s1. The van der Waals surface area contributed by atoms with Gasteiger partial charge < -0.3 is 11.1 Å². The molecule has 0 aliphatic rings. The molecular formula is C10H14N2O. The topological polar surface area (TPSA) is 55.1 Å². The number of likely N-dealkylation sites (N-methyl/N-ethyl adjacent to an activating group) is 1. The fourth-order valence-corrected chi connectivity index (χ4v) is 1.25. The second kappa shape index (κ2) is 4.62. The highest BCUT2D eigenvalue weighted by atomic mass is 16.1. The van der Waals surface area contributed by atoms with Gasteiger partial charge in [-0.25, -0.2) is 0 Å². The molecule has 3 nitrogen and oxygen atoms in total. The van der Waals surface area contributed by atoms with E-state index < -0.39 is 0 Å². The quantitative estimate of drug-likeness (QED) is 0.707. The maximum absolute atomic E-state index is 11.4. The van der Waals surface area contributed by atoms with Crippen LogP contribution in [0, 0.1) is 0 Å². The number of nitrogens with one attached hydrogen (secondary N) is 1. The van der Waals surface area contributed by atoms with E-state index in [2.05, 4.69) is 5.32 Å². The Balaban J connectivity index is 2.85. The summed E-state index contributed by atoms with van der Waals surface area (Å²) in [7, 11) is 1.62. The molecule has 1 aromatic carbocycles. The first kappa shape index (κ1) is 9.74. The molecule has 0 unspecified atom stereocenters. The van der Waals surface area contributed by atoms with E-state index in [0.717, 1.165) is 5.56 Å². The van der Waals surface area contributed by atoms with Gasteiger partial charge in [-0.15, -0.1) is 0 Å². The molecule has 1 amide bonds. The Kier molecular flexibility index (Phi) is 3.46. The third-order valence-electron chi connectivity index (χ3n) is 2.00. The molecule has 0 spiro atoms. The fourth-order valence-electron chi connectivity index (χ4n) is 1.25. The summed E-state index contributed by atoms with van der Waals surface area (Å²) in [5.41, 5.74) is 6.48. The van der Waals surface area contributed by atoms with Crippen LogP contribution in [0.2, 0.25) is 0 Å². The zero-order valence-corrected chi connectivity index (χ0v) is 7.66. The molecule has 0 bridgehead atoms. The predicted octanol–water partition coefficient (Wildman–Crippen LogP) is 0.475. The largest absolute Gasteiger partial charge is 0.359 e. The van der Waals surface area contributed by atoms with E-state index in [4.69, 9.17) is 5.73 Å². The fraction of sp³-hybridized carbons (Fsp3) is 0.300. The minimum absolute atomic E-state index is 0.0336. The Morgan fingerprint density at radius 3 is 2.54 bits per heavy atom. The van der Waals surface area contributed by atoms with Crippen molar-refractivity contribution in [1.82, 2.24) is 5.32 Å². The van der Waals surface area contributed by atoms with Crippen molar-refractivity contribution in [3.05, 3.63) is 35.9 Å². The summed E-state index contributed by atoms with van der Waals surface area (Å²) in [5.74, 6) is -0.264. The van der Waals surface area contributed by atoms with Gasteiger partial charge in [-0.2, -0.15) is 0 Å². The monoisotopic (exact) mass is 178 g/mol. The molecule has 13 heavy (non-hydrogen) atoms. The van der Waals surface area contributed by atoms with Gasteiger partial charge in [-0.1, -0.05) is 30.3 Å². The van der Waals surface area contributed by atoms with Crippen molar-refractivity contribution in [1.29, 1.82) is 0 Å². The number of hydrogen-bond donors (Lipinski definition) is 2. The highest BCUT2D eigenvalue weighted by Crippen LogP contribution is 2.13. The summed E-state index contributed by atoms with van der Waals surface area (Å²) in [4.78, 5) is 11.4. The number of rotatable bonds is 3. The zero-order valence-electron chi connectivity index (χ0n) is 7.66. The SMILES string of the molecule is CNC(=O)[C@@H](CN)c1ccccc1. The van der Waals surface area contributed by atoms with E-state index in [0.29, 0.717) is 6.54 Å². The molecule has 3 heteroatoms. The molecule has 1 atom stereocenters. The Morgan fingerprint density at radius 2 is 2.08 bits per heavy atom. The van der Waals surface area contributed by atoms with E-state index >= 15 is 0 Å². The van der Waals surface area contributed by atoms with Crippen molar-refractivity contribution < 1.29 is 4.79 Å². The smallest absolute Gasteiger partial charge is 0.228 e. The summed E-state index contributed by atoms with van der Waals surface area (Å²) in [6.45, 7) is 0.337. The highest BCUT2D eigenvalue weighted by Gasteiger charge is 2.16. The van der Waals surface area contributed by atoms with Crippen molar-refractivity contribution >= 4 is 5.91 Å². The number of benzene rings is 1. The third-order valence-corrected chi connectivity index (χ3v) is 2.00. The van der Waals surface area contributed by atoms with Crippen LogP contribution in [-0.4, -0.2) is 19.5 Å². The van der Waals surface area contributed by atoms with E-state index in [1.54, 1.807) is 7.05 Å². The molecule has 0 saturated carbocycles. The number of carbonyl (C=O) groups excluding carboxylic acids is 1. The van der Waals surface area contributed by atoms with Crippen LogP contribution < -0.4 is 11.1 Å². The van der Waals surface area contributed by atoms with E-state index in [9.17, 15) is 4.79 Å². The highest BCUT2D eigenvalue weighted by molar-refractivity contribution is 5.83. The van der Waals surface area contributed by atoms with Gasteiger partial charge in [0.2, 0.25) is 5.91 Å². The lowest BCUT2D eigenvalue weighted by atomic mass is 9.99. The van der Waals surface area contributed by atoms with Gasteiger partial charge in [0, 0.05) is 13.6 Å². The Morgan fingerprint density at radius 1 is 1.46 bits per heavy atom. The molecule has 0 fully saturated rings. The Bertz CT molecular complexity index is 272. The van der Waals surface area contributed by atoms with Gasteiger partial charge >= 0.3 is 0 Å². The molecule has 0 aliphatic heterocycles. The van der Waals surface area contributed by atoms with Crippen LogP contribution in [0.3, 0.4) is 0 Å². The van der Waals surface area contributed by atoms with Gasteiger partial charge in [-0.05, 0) is 5.56 Å². The van der Waals surface area contributed by atoms with Crippen LogP contribution in [0.25, 0.3) is 0 Å². The van der Waals surface area contributed by atoms with Crippen LogP contribution >= 0.6 is 0 Å². The third kappa shape index (κ3) is 2.29. The number of nitrogens with two attached hydrogens (primary N) is 1. The molecule has 1 aromatic rings. The maximum Gasteiger partial charge on any atom is 0.228 e. The molecular weight excluding hydrogens is 164 g/mol. The maximum atomic E-state index is 11.4. The average Bonchev–Trinajstić information content (AvgIpc) is 2.20. The average molecular weight is 178 g/mol. The lowest BCUT2D eigenvalue weighted by Crippen LogP contribution is -2.30. The molecule has 0 heterocycles. The first-order valence-corrected chi connectivity index (χ1v) is 4.26. The van der Waals surface area contributed by atoms with Gasteiger partial charge in [0.1, 0.15) is 0 Å². The summed E-state index contributed by atoms with van der Waals surface area (Å²) >= 11 is 0. The second-order valence-corrected chi connectivity index (χ2v) is 2.81. The molecule has 70 valence electrons. The first-order valence-electron chi connectivity index (χ1n) is 4.26. The van der Waals surface area contributed by atoms with E-state index in [1.807, 2.05) is 30.3 Å². The minimum atomic E-state index is -0.230. The molecule has 0 radical (unpaired) electrons. The molecule has 0 aliphatic carbocycles. The summed E-state index contributed by atoms with van der Waals surface area (Å²) in [6, 6.07) is 9.54. The van der Waals surface area contributed by atoms with Crippen LogP contribution in [0.5, 0.6) is 0 Å². The second-order valence-electron chi connectivity index (χ2n) is 2.81. The van der Waals surface area contributed by atoms with Crippen LogP contribution in [-0.2, 0) is 4.79 Å². The van der Waals surface area contributed by atoms with Gasteiger partial charge in [0.25, 0.3) is 0 Å². The van der Waals surface area contributed by atoms with Crippen molar-refractivity contribution in [2.24, 2.45) is 5.73 Å². The van der Waals surface area contributed by atoms with Crippen molar-refractivity contribution in [3.8, 4) is 0 Å². The Labute approximate surface area is 77.9 Å². The summed E-state index contributed by atoms with van der Waals surface area (Å²) in [5, 5.41) is 2.60. The van der Waals surface area contributed by atoms with Gasteiger partial charge in [0.05, 0.1) is 5.92 Å². The molecule has 3 N–H and O–H groups in total. The summed E-state index contributed by atoms with van der Waals surface area (Å²) in [6.07, 6.45) is 0. The predicted molar refractivity (Wildman–Crippen MR) is 52.3 cm³/mol. The first-order chi connectivity index (χ1) is 6.29. The van der Waals surface area contributed by atoms with Crippen molar-refractivity contribution in [3.63, 3.8) is 0 Å². The van der Waals surface area contributed by atoms with Gasteiger partial charge in [0.15, 0.2) is 0 Å². The Hall–Kier alpha value is -1.35.